The summed E-state index contributed by atoms with van der Waals surface area (Å²) < 4.78 is 16.0. The minimum Gasteiger partial charge on any atom is -0.392 e. The van der Waals surface area contributed by atoms with E-state index in [0.29, 0.717) is 41.4 Å². The van der Waals surface area contributed by atoms with E-state index in [-0.39, 0.29) is 23.8 Å². The van der Waals surface area contributed by atoms with Crippen LogP contribution in [0.2, 0.25) is 0 Å². The summed E-state index contributed by atoms with van der Waals surface area (Å²) in [7, 11) is 1.67. The Morgan fingerprint density at radius 1 is 1.19 bits per heavy atom. The monoisotopic (exact) mass is 433 g/mol. The number of benzene rings is 2. The molecule has 7 nitrogen and oxygen atoms in total. The van der Waals surface area contributed by atoms with Crippen molar-refractivity contribution >= 4 is 5.82 Å². The highest BCUT2D eigenvalue weighted by atomic mass is 19.1. The van der Waals surface area contributed by atoms with Crippen LogP contribution in [0.4, 0.5) is 10.2 Å². The van der Waals surface area contributed by atoms with Gasteiger partial charge in [-0.15, -0.1) is 0 Å². The van der Waals surface area contributed by atoms with Crippen molar-refractivity contribution < 1.29 is 9.50 Å². The molecule has 3 N–H and O–H groups in total. The molecule has 0 radical (unpaired) electrons. The van der Waals surface area contributed by atoms with Gasteiger partial charge >= 0.3 is 0 Å². The average molecular weight is 433 g/mol. The highest BCUT2D eigenvalue weighted by Crippen LogP contribution is 2.32. The molecule has 1 saturated heterocycles. The molecule has 32 heavy (non-hydrogen) atoms. The summed E-state index contributed by atoms with van der Waals surface area (Å²) in [6.45, 7) is 1.14. The molecule has 0 bridgehead atoms. The van der Waals surface area contributed by atoms with Crippen LogP contribution in [0.3, 0.4) is 0 Å². The predicted molar refractivity (Wildman–Crippen MR) is 120 cm³/mol. The van der Waals surface area contributed by atoms with E-state index in [0.717, 1.165) is 18.4 Å². The standard InChI is InChI=1S/C24H24FN5O2/c1-29-22(16-4-2-15(14-31)3-5-16)21(17-6-7-18(13-26)20(25)12-17)28-23(24(29)32)30-10-8-19(27)9-11-30/h2-7,12,19,31H,8-11,14,27H2,1H3. The molecule has 1 aliphatic heterocycles. The van der Waals surface area contributed by atoms with Crippen molar-refractivity contribution in [2.24, 2.45) is 12.8 Å². The fourth-order valence-electron chi connectivity index (χ4n) is 3.99. The number of aliphatic hydroxyl groups excluding tert-OH is 1. The van der Waals surface area contributed by atoms with Gasteiger partial charge in [-0.1, -0.05) is 30.3 Å². The van der Waals surface area contributed by atoms with Crippen molar-refractivity contribution in [1.82, 2.24) is 9.55 Å². The molecule has 0 amide bonds. The Morgan fingerprint density at radius 2 is 1.84 bits per heavy atom. The van der Waals surface area contributed by atoms with E-state index in [1.54, 1.807) is 37.4 Å². The molecule has 4 rings (SSSR count). The van der Waals surface area contributed by atoms with Crippen molar-refractivity contribution in [2.45, 2.75) is 25.5 Å². The number of aromatic nitrogens is 2. The van der Waals surface area contributed by atoms with E-state index < -0.39 is 5.82 Å². The van der Waals surface area contributed by atoms with Crippen LogP contribution in [0.25, 0.3) is 22.5 Å². The first-order chi connectivity index (χ1) is 15.4. The van der Waals surface area contributed by atoms with Gasteiger partial charge in [0.05, 0.1) is 23.6 Å². The maximum absolute atomic E-state index is 14.5. The fraction of sp³-hybridized carbons (Fsp3) is 0.292. The lowest BCUT2D eigenvalue weighted by Gasteiger charge is -2.31. The molecule has 0 unspecified atom stereocenters. The summed E-state index contributed by atoms with van der Waals surface area (Å²) in [6.07, 6.45) is 1.52. The number of aliphatic hydroxyl groups is 1. The largest absolute Gasteiger partial charge is 0.392 e. The first kappa shape index (κ1) is 21.7. The number of hydrogen-bond donors (Lipinski definition) is 2. The minimum absolute atomic E-state index is 0.0577. The lowest BCUT2D eigenvalue weighted by molar-refractivity contribution is 0.282. The second-order valence-corrected chi connectivity index (χ2v) is 7.98. The summed E-state index contributed by atoms with van der Waals surface area (Å²) in [5.41, 5.74) is 8.59. The van der Waals surface area contributed by atoms with Crippen LogP contribution >= 0.6 is 0 Å². The van der Waals surface area contributed by atoms with E-state index in [1.807, 2.05) is 11.0 Å². The van der Waals surface area contributed by atoms with Crippen molar-refractivity contribution in [3.63, 3.8) is 0 Å². The number of nitriles is 1. The van der Waals surface area contributed by atoms with Gasteiger partial charge < -0.3 is 20.3 Å². The smallest absolute Gasteiger partial charge is 0.293 e. The Bertz CT molecular complexity index is 1240. The van der Waals surface area contributed by atoms with Gasteiger partial charge in [0.1, 0.15) is 11.9 Å². The van der Waals surface area contributed by atoms with Gasteiger partial charge in [-0.2, -0.15) is 5.26 Å². The summed E-state index contributed by atoms with van der Waals surface area (Å²) in [6, 6.07) is 13.4. The van der Waals surface area contributed by atoms with E-state index in [9.17, 15) is 14.3 Å². The van der Waals surface area contributed by atoms with Crippen LogP contribution in [0, 0.1) is 17.1 Å². The summed E-state index contributed by atoms with van der Waals surface area (Å²) in [5, 5.41) is 18.4. The zero-order valence-corrected chi connectivity index (χ0v) is 17.8. The van der Waals surface area contributed by atoms with Crippen LogP contribution in [-0.4, -0.2) is 33.8 Å². The molecule has 164 valence electrons. The molecule has 1 aliphatic rings. The van der Waals surface area contributed by atoms with E-state index in [2.05, 4.69) is 0 Å². The van der Waals surface area contributed by atoms with Crippen molar-refractivity contribution in [2.75, 3.05) is 18.0 Å². The maximum Gasteiger partial charge on any atom is 0.293 e. The number of piperidine rings is 1. The SMILES string of the molecule is Cn1c(-c2ccc(CO)cc2)c(-c2ccc(C#N)c(F)c2)nc(N2CCC(N)CC2)c1=O. The van der Waals surface area contributed by atoms with E-state index in [1.165, 1.54) is 16.7 Å². The minimum atomic E-state index is -0.646. The maximum atomic E-state index is 14.5. The molecular formula is C24H24FN5O2. The average Bonchev–Trinajstić information content (AvgIpc) is 2.81. The van der Waals surface area contributed by atoms with Gasteiger partial charge in [0, 0.05) is 37.3 Å². The van der Waals surface area contributed by atoms with Gasteiger partial charge in [-0.3, -0.25) is 4.79 Å². The summed E-state index contributed by atoms with van der Waals surface area (Å²) in [4.78, 5) is 19.9. The summed E-state index contributed by atoms with van der Waals surface area (Å²) in [5.74, 6) is -0.345. The zero-order chi connectivity index (χ0) is 22.8. The van der Waals surface area contributed by atoms with Gasteiger partial charge in [0.2, 0.25) is 0 Å². The van der Waals surface area contributed by atoms with Crippen LogP contribution in [0.15, 0.2) is 47.3 Å². The molecule has 1 aromatic heterocycles. The number of nitrogens with two attached hydrogens (primary N) is 1. The third kappa shape index (κ3) is 4.00. The molecule has 0 spiro atoms. The number of nitrogens with zero attached hydrogens (tertiary/aromatic N) is 4. The molecule has 2 aromatic carbocycles. The molecule has 3 aromatic rings. The van der Waals surface area contributed by atoms with Crippen LogP contribution < -0.4 is 16.2 Å². The van der Waals surface area contributed by atoms with Crippen molar-refractivity contribution in [3.05, 3.63) is 69.8 Å². The van der Waals surface area contributed by atoms with Crippen LogP contribution in [-0.2, 0) is 13.7 Å². The number of anilines is 1. The van der Waals surface area contributed by atoms with E-state index >= 15 is 0 Å². The molecule has 0 saturated carbocycles. The number of hydrogen-bond acceptors (Lipinski definition) is 6. The Labute approximate surface area is 185 Å². The lowest BCUT2D eigenvalue weighted by Crippen LogP contribution is -2.43. The second kappa shape index (κ2) is 8.91. The topological polar surface area (TPSA) is 108 Å². The Balaban J connectivity index is 1.93. The molecule has 8 heteroatoms. The lowest BCUT2D eigenvalue weighted by atomic mass is 10.0. The number of rotatable bonds is 4. The normalized spacial score (nSPS) is 14.4. The van der Waals surface area contributed by atoms with Gasteiger partial charge in [0.15, 0.2) is 5.82 Å². The van der Waals surface area contributed by atoms with Gasteiger partial charge in [-0.05, 0) is 30.5 Å². The first-order valence-electron chi connectivity index (χ1n) is 10.4. The molecule has 0 atom stereocenters. The second-order valence-electron chi connectivity index (χ2n) is 7.98. The molecule has 1 fully saturated rings. The molecule has 0 aliphatic carbocycles. The fourth-order valence-corrected chi connectivity index (χ4v) is 3.99. The Kier molecular flexibility index (Phi) is 6.04. The van der Waals surface area contributed by atoms with Crippen LogP contribution in [0.5, 0.6) is 0 Å². The zero-order valence-electron chi connectivity index (χ0n) is 17.8. The quantitative estimate of drug-likeness (QED) is 0.655. The third-order valence-corrected chi connectivity index (χ3v) is 5.89. The molecular weight excluding hydrogens is 409 g/mol. The van der Waals surface area contributed by atoms with Gasteiger partial charge in [-0.25, -0.2) is 9.37 Å². The van der Waals surface area contributed by atoms with Gasteiger partial charge in [0.25, 0.3) is 5.56 Å². The first-order valence-corrected chi connectivity index (χ1v) is 10.4. The highest BCUT2D eigenvalue weighted by Gasteiger charge is 2.24. The Morgan fingerprint density at radius 3 is 2.44 bits per heavy atom. The molecule has 2 heterocycles. The third-order valence-electron chi connectivity index (χ3n) is 5.89. The van der Waals surface area contributed by atoms with Crippen LogP contribution in [0.1, 0.15) is 24.0 Å². The predicted octanol–water partition coefficient (Wildman–Crippen LogP) is 2.54. The van der Waals surface area contributed by atoms with Crippen molar-refractivity contribution in [3.8, 4) is 28.6 Å². The van der Waals surface area contributed by atoms with Crippen molar-refractivity contribution in [1.29, 1.82) is 5.26 Å². The highest BCUT2D eigenvalue weighted by molar-refractivity contribution is 5.79. The Hall–Kier alpha value is -3.54. The summed E-state index contributed by atoms with van der Waals surface area (Å²) >= 11 is 0. The number of halogens is 1. The van der Waals surface area contributed by atoms with E-state index in [4.69, 9.17) is 16.0 Å².